The molecule has 2 aliphatic carbocycles. The van der Waals surface area contributed by atoms with Crippen LogP contribution in [0, 0.1) is 22.7 Å². The molecule has 0 saturated heterocycles. The largest absolute Gasteiger partial charge is 0.503 e. The number of aliphatic carboxylic acids is 2. The van der Waals surface area contributed by atoms with Crippen molar-refractivity contribution in [3.8, 4) is 0 Å². The molecule has 2 rings (SSSR count). The number of allylic oxidation sites excluding steroid dienone is 2. The van der Waals surface area contributed by atoms with Crippen LogP contribution < -0.4 is 0 Å². The zero-order chi connectivity index (χ0) is 28.3. The van der Waals surface area contributed by atoms with Gasteiger partial charge in [-0.2, -0.15) is 0 Å². The quantitative estimate of drug-likeness (QED) is 0.280. The zero-order valence-electron chi connectivity index (χ0n) is 23.7. The van der Waals surface area contributed by atoms with Crippen molar-refractivity contribution in [1.29, 1.82) is 0 Å². The lowest BCUT2D eigenvalue weighted by Crippen LogP contribution is -2.23. The van der Waals surface area contributed by atoms with Crippen LogP contribution in [0.3, 0.4) is 0 Å². The lowest BCUT2D eigenvalue weighted by molar-refractivity contribution is -0.133. The Morgan fingerprint density at radius 2 is 0.750 bits per heavy atom. The SMILES string of the molecule is CC(C(=O)O)=C(C1CCCCC1)C(C)(C)C.CC(C(=O)O)=C(C1CCCCC1)C(C)(C)C.O=C(O)O. The van der Waals surface area contributed by atoms with Gasteiger partial charge in [0.2, 0.25) is 0 Å². The molecule has 7 heteroatoms. The van der Waals surface area contributed by atoms with Gasteiger partial charge in [0.25, 0.3) is 0 Å². The third-order valence-electron chi connectivity index (χ3n) is 7.09. The minimum absolute atomic E-state index is 0.0233. The number of carbonyl (C=O) groups is 3. The third-order valence-corrected chi connectivity index (χ3v) is 7.09. The van der Waals surface area contributed by atoms with E-state index >= 15 is 0 Å². The van der Waals surface area contributed by atoms with Crippen molar-refractivity contribution in [2.45, 2.75) is 120 Å². The Balaban J connectivity index is 0.000000593. The summed E-state index contributed by atoms with van der Waals surface area (Å²) >= 11 is 0. The first kappa shape index (κ1) is 33.7. The molecule has 4 N–H and O–H groups in total. The molecule has 36 heavy (non-hydrogen) atoms. The van der Waals surface area contributed by atoms with Gasteiger partial charge in [0, 0.05) is 11.1 Å². The maximum absolute atomic E-state index is 11.2. The van der Waals surface area contributed by atoms with Crippen LogP contribution in [0.4, 0.5) is 4.79 Å². The number of hydrogen-bond acceptors (Lipinski definition) is 3. The number of hydrogen-bond donors (Lipinski definition) is 4. The maximum Gasteiger partial charge on any atom is 0.503 e. The van der Waals surface area contributed by atoms with Gasteiger partial charge in [0.15, 0.2) is 0 Å². The van der Waals surface area contributed by atoms with Crippen LogP contribution in [0.1, 0.15) is 120 Å². The molecule has 0 aromatic carbocycles. The topological polar surface area (TPSA) is 132 Å². The Labute approximate surface area is 217 Å². The molecular formula is C29H50O7. The third kappa shape index (κ3) is 12.1. The number of carboxylic acids is 2. The van der Waals surface area contributed by atoms with Gasteiger partial charge in [-0.3, -0.25) is 0 Å². The predicted octanol–water partition coefficient (Wildman–Crippen LogP) is 8.25. The van der Waals surface area contributed by atoms with Gasteiger partial charge >= 0.3 is 18.1 Å². The second-order valence-electron chi connectivity index (χ2n) is 12.1. The van der Waals surface area contributed by atoms with E-state index < -0.39 is 18.1 Å². The average Bonchev–Trinajstić information content (AvgIpc) is 2.73. The van der Waals surface area contributed by atoms with E-state index in [0.717, 1.165) is 25.7 Å². The second kappa shape index (κ2) is 15.1. The van der Waals surface area contributed by atoms with Crippen LogP contribution in [0.25, 0.3) is 0 Å². The number of carboxylic acid groups (broad SMARTS) is 4. The van der Waals surface area contributed by atoms with Gasteiger partial charge < -0.3 is 20.4 Å². The van der Waals surface area contributed by atoms with Crippen molar-refractivity contribution >= 4 is 18.1 Å². The summed E-state index contributed by atoms with van der Waals surface area (Å²) in [6.07, 6.45) is 10.4. The predicted molar refractivity (Wildman–Crippen MR) is 143 cm³/mol. The van der Waals surface area contributed by atoms with E-state index in [1.807, 2.05) is 0 Å². The summed E-state index contributed by atoms with van der Waals surface area (Å²) in [6, 6.07) is 0. The number of rotatable bonds is 4. The first-order chi connectivity index (χ1) is 16.4. The molecule has 0 radical (unpaired) electrons. The molecule has 0 heterocycles. The van der Waals surface area contributed by atoms with Crippen molar-refractivity contribution < 1.29 is 34.8 Å². The summed E-state index contributed by atoms with van der Waals surface area (Å²) in [7, 11) is 0. The van der Waals surface area contributed by atoms with E-state index in [1.165, 1.54) is 49.7 Å². The Kier molecular flexibility index (Phi) is 14.1. The molecule has 2 aliphatic rings. The summed E-state index contributed by atoms with van der Waals surface area (Å²) in [4.78, 5) is 30.9. The second-order valence-corrected chi connectivity index (χ2v) is 12.1. The van der Waals surface area contributed by atoms with E-state index in [9.17, 15) is 19.8 Å². The molecule has 0 amide bonds. The van der Waals surface area contributed by atoms with Crippen molar-refractivity contribution in [2.24, 2.45) is 22.7 Å². The molecule has 0 atom stereocenters. The monoisotopic (exact) mass is 510 g/mol. The molecular weight excluding hydrogens is 460 g/mol. The zero-order valence-corrected chi connectivity index (χ0v) is 23.7. The van der Waals surface area contributed by atoms with E-state index in [0.29, 0.717) is 23.0 Å². The Morgan fingerprint density at radius 1 is 0.528 bits per heavy atom. The van der Waals surface area contributed by atoms with Crippen molar-refractivity contribution in [1.82, 2.24) is 0 Å². The molecule has 0 aromatic heterocycles. The van der Waals surface area contributed by atoms with Gasteiger partial charge in [-0.05, 0) is 62.2 Å². The fraction of sp³-hybridized carbons (Fsp3) is 0.759. The van der Waals surface area contributed by atoms with Crippen LogP contribution >= 0.6 is 0 Å². The fourth-order valence-corrected chi connectivity index (χ4v) is 5.98. The Hall–Kier alpha value is -2.31. The normalized spacial score (nSPS) is 18.9. The van der Waals surface area contributed by atoms with Crippen LogP contribution in [0.5, 0.6) is 0 Å². The van der Waals surface area contributed by atoms with E-state index in [4.69, 9.17) is 15.0 Å². The molecule has 7 nitrogen and oxygen atoms in total. The molecule has 208 valence electrons. The smallest absolute Gasteiger partial charge is 0.478 e. The molecule has 0 unspecified atom stereocenters. The first-order valence-electron chi connectivity index (χ1n) is 13.2. The van der Waals surface area contributed by atoms with Gasteiger partial charge in [0.1, 0.15) is 0 Å². The van der Waals surface area contributed by atoms with Crippen molar-refractivity contribution in [2.75, 3.05) is 0 Å². The van der Waals surface area contributed by atoms with Gasteiger partial charge in [-0.1, -0.05) is 91.2 Å². The summed E-state index contributed by atoms with van der Waals surface area (Å²) in [5, 5.41) is 32.3. The summed E-state index contributed by atoms with van der Waals surface area (Å²) in [6.45, 7) is 16.3. The van der Waals surface area contributed by atoms with Gasteiger partial charge in [-0.15, -0.1) is 0 Å². The van der Waals surface area contributed by atoms with Crippen LogP contribution in [0.2, 0.25) is 0 Å². The standard InChI is InChI=1S/2C14H24O2.CH2O3/c2*1-10(13(15)16)12(14(2,3)4)11-8-6-5-7-9-11;2-1(3)4/h2*11H,5-9H2,1-4H3,(H,15,16);(H2,2,3,4). The summed E-state index contributed by atoms with van der Waals surface area (Å²) < 4.78 is 0. The molecule has 0 aromatic rings. The van der Waals surface area contributed by atoms with Crippen LogP contribution in [0.15, 0.2) is 22.3 Å². The molecule has 2 fully saturated rings. The maximum atomic E-state index is 11.2. The van der Waals surface area contributed by atoms with Crippen LogP contribution in [-0.2, 0) is 9.59 Å². The highest BCUT2D eigenvalue weighted by atomic mass is 16.6. The van der Waals surface area contributed by atoms with Crippen molar-refractivity contribution in [3.63, 3.8) is 0 Å². The molecule has 0 spiro atoms. The first-order valence-corrected chi connectivity index (χ1v) is 13.2. The van der Waals surface area contributed by atoms with E-state index in [-0.39, 0.29) is 10.8 Å². The van der Waals surface area contributed by atoms with E-state index in [2.05, 4.69) is 41.5 Å². The lowest BCUT2D eigenvalue weighted by atomic mass is 9.71. The highest BCUT2D eigenvalue weighted by Gasteiger charge is 2.31. The highest BCUT2D eigenvalue weighted by Crippen LogP contribution is 2.42. The summed E-state index contributed by atoms with van der Waals surface area (Å²) in [5.74, 6) is -0.527. The highest BCUT2D eigenvalue weighted by molar-refractivity contribution is 5.87. The Bertz CT molecular complexity index is 728. The van der Waals surface area contributed by atoms with E-state index in [1.54, 1.807) is 13.8 Å². The molecule has 0 aliphatic heterocycles. The lowest BCUT2D eigenvalue weighted by Gasteiger charge is -2.34. The summed E-state index contributed by atoms with van der Waals surface area (Å²) in [5.41, 5.74) is 3.42. The Morgan fingerprint density at radius 3 is 0.917 bits per heavy atom. The average molecular weight is 511 g/mol. The minimum atomic E-state index is -1.83. The van der Waals surface area contributed by atoms with Gasteiger partial charge in [0.05, 0.1) is 0 Å². The van der Waals surface area contributed by atoms with Crippen molar-refractivity contribution in [3.05, 3.63) is 22.3 Å². The fourth-order valence-electron chi connectivity index (χ4n) is 5.98. The molecule has 2 saturated carbocycles. The minimum Gasteiger partial charge on any atom is -0.478 e. The molecule has 0 bridgehead atoms. The van der Waals surface area contributed by atoms with Gasteiger partial charge in [-0.25, -0.2) is 14.4 Å². The van der Waals surface area contributed by atoms with Crippen LogP contribution in [-0.4, -0.2) is 38.5 Å².